The van der Waals surface area contributed by atoms with Gasteiger partial charge < -0.3 is 9.29 Å². The van der Waals surface area contributed by atoms with Crippen molar-refractivity contribution in [3.8, 4) is 11.5 Å². The second kappa shape index (κ2) is 9.41. The van der Waals surface area contributed by atoms with Crippen LogP contribution in [0.15, 0.2) is 77.2 Å². The lowest BCUT2D eigenvalue weighted by molar-refractivity contribution is -0.122. The Balaban J connectivity index is 1.74. The third-order valence-corrected chi connectivity index (χ3v) is 6.52. The van der Waals surface area contributed by atoms with E-state index in [1.54, 1.807) is 0 Å². The van der Waals surface area contributed by atoms with E-state index in [2.05, 4.69) is 0 Å². The summed E-state index contributed by atoms with van der Waals surface area (Å²) >= 11 is 11.9. The Morgan fingerprint density at radius 2 is 1.51 bits per heavy atom. The summed E-state index contributed by atoms with van der Waals surface area (Å²) in [6, 6.07) is 13.3. The molecule has 2 N–H and O–H groups in total. The van der Waals surface area contributed by atoms with Gasteiger partial charge >= 0.3 is 16.1 Å². The fraction of sp³-hybridized carbons (Fsp3) is 0. The number of nitrogens with one attached hydrogen (secondary N) is 1. The van der Waals surface area contributed by atoms with Crippen molar-refractivity contribution in [2.45, 2.75) is 4.90 Å². The van der Waals surface area contributed by atoms with E-state index >= 15 is 0 Å². The zero-order chi connectivity index (χ0) is 25.3. The molecule has 1 saturated heterocycles. The van der Waals surface area contributed by atoms with Crippen molar-refractivity contribution in [3.63, 3.8) is 0 Å². The van der Waals surface area contributed by atoms with Gasteiger partial charge in [0.1, 0.15) is 22.0 Å². The van der Waals surface area contributed by atoms with Gasteiger partial charge in [-0.25, -0.2) is 9.69 Å². The second-order valence-electron chi connectivity index (χ2n) is 7.15. The molecule has 4 rings (SSSR count). The third kappa shape index (κ3) is 5.14. The number of barbiturate groups is 1. The maximum absolute atomic E-state index is 13.1. The highest BCUT2D eigenvalue weighted by molar-refractivity contribution is 7.87. The van der Waals surface area contributed by atoms with Crippen molar-refractivity contribution in [2.24, 2.45) is 0 Å². The maximum atomic E-state index is 13.1. The molecule has 0 aliphatic carbocycles. The van der Waals surface area contributed by atoms with Crippen LogP contribution in [0.4, 0.5) is 10.5 Å². The predicted octanol–water partition coefficient (Wildman–Crippen LogP) is 4.13. The molecule has 1 heterocycles. The van der Waals surface area contributed by atoms with Crippen LogP contribution in [0.1, 0.15) is 5.56 Å². The lowest BCUT2D eigenvalue weighted by atomic mass is 10.1. The SMILES string of the molecule is O=C1NC(=O)N(c2ccc(O)cc2)C(=O)/C1=C/c1cc(Cl)ccc1OS(=O)(=O)c1ccc(Cl)cc1. The molecule has 0 atom stereocenters. The fourth-order valence-corrected chi connectivity index (χ4v) is 4.39. The molecule has 0 saturated carbocycles. The number of anilines is 1. The lowest BCUT2D eigenvalue weighted by Crippen LogP contribution is -2.54. The van der Waals surface area contributed by atoms with Crippen molar-refractivity contribution in [3.05, 3.63) is 87.9 Å². The van der Waals surface area contributed by atoms with Gasteiger partial charge in [-0.3, -0.25) is 14.9 Å². The van der Waals surface area contributed by atoms with Crippen molar-refractivity contribution >= 4 is 62.9 Å². The van der Waals surface area contributed by atoms with Crippen molar-refractivity contribution < 1.29 is 32.1 Å². The summed E-state index contributed by atoms with van der Waals surface area (Å²) in [6.45, 7) is 0. The molecule has 0 spiro atoms. The first-order valence-electron chi connectivity index (χ1n) is 9.75. The lowest BCUT2D eigenvalue weighted by Gasteiger charge is -2.26. The quantitative estimate of drug-likeness (QED) is 0.287. The number of hydrogen-bond acceptors (Lipinski definition) is 7. The minimum absolute atomic E-state index is 0.00598. The van der Waals surface area contributed by atoms with E-state index in [0.717, 1.165) is 6.08 Å². The number of hydrogen-bond donors (Lipinski definition) is 2. The van der Waals surface area contributed by atoms with Gasteiger partial charge in [-0.15, -0.1) is 0 Å². The summed E-state index contributed by atoms with van der Waals surface area (Å²) in [5.74, 6) is -2.28. The van der Waals surface area contributed by atoms with Crippen molar-refractivity contribution in [2.75, 3.05) is 4.90 Å². The Labute approximate surface area is 209 Å². The molecule has 12 heteroatoms. The van der Waals surface area contributed by atoms with Crippen LogP contribution >= 0.6 is 23.2 Å². The van der Waals surface area contributed by atoms with E-state index in [-0.39, 0.29) is 32.7 Å². The molecule has 4 amide bonds. The molecule has 1 aliphatic rings. The fourth-order valence-electron chi connectivity index (χ4n) is 3.12. The van der Waals surface area contributed by atoms with Gasteiger partial charge in [-0.1, -0.05) is 23.2 Å². The molecule has 35 heavy (non-hydrogen) atoms. The minimum Gasteiger partial charge on any atom is -0.508 e. The summed E-state index contributed by atoms with van der Waals surface area (Å²) < 4.78 is 30.7. The van der Waals surface area contributed by atoms with E-state index in [1.165, 1.54) is 66.7 Å². The van der Waals surface area contributed by atoms with Crippen LogP contribution in [0.25, 0.3) is 6.08 Å². The molecule has 1 fully saturated rings. The molecular weight excluding hydrogens is 519 g/mol. The number of nitrogens with zero attached hydrogens (tertiary/aromatic N) is 1. The van der Waals surface area contributed by atoms with E-state index in [4.69, 9.17) is 27.4 Å². The van der Waals surface area contributed by atoms with E-state index in [1.807, 2.05) is 5.32 Å². The monoisotopic (exact) mass is 532 g/mol. The smallest absolute Gasteiger partial charge is 0.339 e. The van der Waals surface area contributed by atoms with Gasteiger partial charge in [0.05, 0.1) is 5.69 Å². The Hall–Kier alpha value is -3.86. The summed E-state index contributed by atoms with van der Waals surface area (Å²) in [5.41, 5.74) is -0.390. The first kappa shape index (κ1) is 24.3. The number of imide groups is 2. The number of halogens is 2. The molecule has 0 bridgehead atoms. The number of rotatable bonds is 5. The number of phenols is 1. The predicted molar refractivity (Wildman–Crippen MR) is 128 cm³/mol. The summed E-state index contributed by atoms with van der Waals surface area (Å²) in [6.07, 6.45) is 1.07. The number of phenolic OH excluding ortho intramolecular Hbond substituents is 1. The number of aromatic hydroxyl groups is 1. The van der Waals surface area contributed by atoms with E-state index < -0.39 is 33.5 Å². The zero-order valence-corrected chi connectivity index (χ0v) is 19.8. The van der Waals surface area contributed by atoms with Crippen LogP contribution in [0, 0.1) is 0 Å². The number of carbonyl (C=O) groups is 3. The average molecular weight is 533 g/mol. The Morgan fingerprint density at radius 3 is 2.17 bits per heavy atom. The molecule has 178 valence electrons. The molecule has 0 radical (unpaired) electrons. The maximum Gasteiger partial charge on any atom is 0.339 e. The number of benzene rings is 3. The van der Waals surface area contributed by atoms with Crippen LogP contribution in [-0.2, 0) is 19.7 Å². The van der Waals surface area contributed by atoms with Gasteiger partial charge in [0.2, 0.25) is 0 Å². The molecule has 0 unspecified atom stereocenters. The second-order valence-corrected chi connectivity index (χ2v) is 9.57. The molecule has 9 nitrogen and oxygen atoms in total. The summed E-state index contributed by atoms with van der Waals surface area (Å²) in [4.78, 5) is 38.4. The molecule has 0 aromatic heterocycles. The zero-order valence-electron chi connectivity index (χ0n) is 17.4. The van der Waals surface area contributed by atoms with Crippen LogP contribution in [0.2, 0.25) is 10.0 Å². The first-order valence-corrected chi connectivity index (χ1v) is 11.9. The van der Waals surface area contributed by atoms with Crippen molar-refractivity contribution in [1.29, 1.82) is 0 Å². The summed E-state index contributed by atoms with van der Waals surface area (Å²) in [7, 11) is -4.30. The standard InChI is InChI=1S/C23H14Cl2N2O7S/c24-14-1-8-18(9-2-14)35(32,33)34-20-10-3-15(25)11-13(20)12-19-21(29)26-23(31)27(22(19)30)16-4-6-17(28)7-5-16/h1-12,28H,(H,26,29,31)/b19-12+. The van der Waals surface area contributed by atoms with Gasteiger partial charge in [0, 0.05) is 15.6 Å². The largest absolute Gasteiger partial charge is 0.508 e. The topological polar surface area (TPSA) is 130 Å². The Kier molecular flexibility index (Phi) is 6.53. The third-order valence-electron chi connectivity index (χ3n) is 4.78. The summed E-state index contributed by atoms with van der Waals surface area (Å²) in [5, 5.41) is 12.0. The van der Waals surface area contributed by atoms with Gasteiger partial charge in [0.15, 0.2) is 0 Å². The highest BCUT2D eigenvalue weighted by atomic mass is 35.5. The normalized spacial score (nSPS) is 15.3. The van der Waals surface area contributed by atoms with Gasteiger partial charge in [-0.2, -0.15) is 8.42 Å². The highest BCUT2D eigenvalue weighted by Crippen LogP contribution is 2.30. The first-order chi connectivity index (χ1) is 16.5. The van der Waals surface area contributed by atoms with Gasteiger partial charge in [0.25, 0.3) is 11.8 Å². The Morgan fingerprint density at radius 1 is 0.886 bits per heavy atom. The van der Waals surface area contributed by atoms with Crippen LogP contribution in [0.5, 0.6) is 11.5 Å². The van der Waals surface area contributed by atoms with Crippen molar-refractivity contribution in [1.82, 2.24) is 5.32 Å². The van der Waals surface area contributed by atoms with Gasteiger partial charge in [-0.05, 0) is 72.8 Å². The van der Waals surface area contributed by atoms with Crippen LogP contribution in [-0.4, -0.2) is 31.4 Å². The molecular formula is C23H14Cl2N2O7S. The van der Waals surface area contributed by atoms with E-state index in [9.17, 15) is 27.9 Å². The van der Waals surface area contributed by atoms with Crippen LogP contribution in [0.3, 0.4) is 0 Å². The van der Waals surface area contributed by atoms with E-state index in [0.29, 0.717) is 9.92 Å². The molecule has 3 aromatic rings. The highest BCUT2D eigenvalue weighted by Gasteiger charge is 2.37. The molecule has 3 aromatic carbocycles. The number of carbonyl (C=O) groups excluding carboxylic acids is 3. The Bertz CT molecular complexity index is 1490. The molecule has 1 aliphatic heterocycles. The number of amides is 4. The average Bonchev–Trinajstić information content (AvgIpc) is 2.79. The minimum atomic E-state index is -4.30. The number of urea groups is 1. The van der Waals surface area contributed by atoms with Crippen LogP contribution < -0.4 is 14.4 Å².